The van der Waals surface area contributed by atoms with Crippen LogP contribution in [0.2, 0.25) is 0 Å². The van der Waals surface area contributed by atoms with Crippen molar-refractivity contribution < 1.29 is 14.3 Å². The number of hydrogen-bond donors (Lipinski definition) is 2. The van der Waals surface area contributed by atoms with Gasteiger partial charge in [0.05, 0.1) is 0 Å². The van der Waals surface area contributed by atoms with Crippen molar-refractivity contribution >= 4 is 11.8 Å². The van der Waals surface area contributed by atoms with Crippen LogP contribution in [0.25, 0.3) is 0 Å². The van der Waals surface area contributed by atoms with E-state index in [9.17, 15) is 9.59 Å². The second-order valence-electron chi connectivity index (χ2n) is 11.5. The highest BCUT2D eigenvalue weighted by Gasteiger charge is 2.52. The Bertz CT molecular complexity index is 760. The largest absolute Gasteiger partial charge is 0.484 e. The van der Waals surface area contributed by atoms with Crippen LogP contribution in [0.15, 0.2) is 30.3 Å². The van der Waals surface area contributed by atoms with Gasteiger partial charge in [-0.25, -0.2) is 0 Å². The predicted octanol–water partition coefficient (Wildman–Crippen LogP) is 7.04. The van der Waals surface area contributed by atoms with Crippen molar-refractivity contribution in [1.29, 1.82) is 0 Å². The standard InChI is InChI=1S/C30H52N2O3/c1-8-11-12-13-14-16-19-24(28(4,5)9-2)22-30(27(31)34,29(6,7)10-3)32-26(33)23-35-25-20-17-15-18-21-25/h15,17-18,20-21,24H,8-14,16,19,22-23H2,1-7H3,(H2,31,34)(H,32,33). The lowest BCUT2D eigenvalue weighted by atomic mass is 9.61. The lowest BCUT2D eigenvalue weighted by molar-refractivity contribution is -0.140. The Balaban J connectivity index is 3.14. The molecule has 1 aromatic rings. The molecule has 2 amide bonds. The van der Waals surface area contributed by atoms with Gasteiger partial charge in [0.2, 0.25) is 5.91 Å². The quantitative estimate of drug-likeness (QED) is 0.218. The average molecular weight is 489 g/mol. The Morgan fingerprint density at radius 3 is 2.06 bits per heavy atom. The SMILES string of the molecule is CCCCCCCCC(CC(NC(=O)COc1ccccc1)(C(N)=O)C(C)(C)CC)C(C)(C)CC. The van der Waals surface area contributed by atoms with Crippen LogP contribution in [0.5, 0.6) is 5.75 Å². The maximum Gasteiger partial charge on any atom is 0.258 e. The Hall–Kier alpha value is -2.04. The fourth-order valence-electron chi connectivity index (χ4n) is 4.83. The van der Waals surface area contributed by atoms with Gasteiger partial charge < -0.3 is 15.8 Å². The number of unbranched alkanes of at least 4 members (excludes halogenated alkanes) is 5. The molecular formula is C30H52N2O3. The van der Waals surface area contributed by atoms with Crippen LogP contribution in [0.3, 0.4) is 0 Å². The third kappa shape index (κ3) is 9.16. The maximum atomic E-state index is 13.2. The molecule has 0 fully saturated rings. The van der Waals surface area contributed by atoms with E-state index in [1.807, 2.05) is 44.2 Å². The Morgan fingerprint density at radius 1 is 0.914 bits per heavy atom. The highest BCUT2D eigenvalue weighted by atomic mass is 16.5. The number of para-hydroxylation sites is 1. The Kier molecular flexibility index (Phi) is 12.8. The zero-order valence-electron chi connectivity index (χ0n) is 23.5. The first-order chi connectivity index (χ1) is 16.5. The van der Waals surface area contributed by atoms with E-state index in [1.165, 1.54) is 32.1 Å². The number of amides is 2. The molecule has 0 saturated heterocycles. The van der Waals surface area contributed by atoms with E-state index in [1.54, 1.807) is 0 Å². The smallest absolute Gasteiger partial charge is 0.258 e. The lowest BCUT2D eigenvalue weighted by Crippen LogP contribution is -2.67. The minimum atomic E-state index is -1.15. The number of nitrogens with one attached hydrogen (secondary N) is 1. The van der Waals surface area contributed by atoms with Gasteiger partial charge in [0.15, 0.2) is 6.61 Å². The van der Waals surface area contributed by atoms with Crippen LogP contribution in [0, 0.1) is 16.7 Å². The minimum Gasteiger partial charge on any atom is -0.484 e. The van der Waals surface area contributed by atoms with Crippen LogP contribution in [0.1, 0.15) is 113 Å². The molecule has 5 nitrogen and oxygen atoms in total. The summed E-state index contributed by atoms with van der Waals surface area (Å²) in [5.74, 6) is 0.0987. The number of primary amides is 1. The van der Waals surface area contributed by atoms with Gasteiger partial charge in [-0.3, -0.25) is 9.59 Å². The first-order valence-corrected chi connectivity index (χ1v) is 13.7. The third-order valence-electron chi connectivity index (χ3n) is 8.40. The Labute approximate surface area is 215 Å². The monoisotopic (exact) mass is 488 g/mol. The molecule has 0 aliphatic rings. The molecule has 1 rings (SSSR count). The molecule has 0 heterocycles. The number of carbonyl (C=O) groups excluding carboxylic acids is 2. The van der Waals surface area contributed by atoms with E-state index in [4.69, 9.17) is 10.5 Å². The molecule has 1 aromatic carbocycles. The van der Waals surface area contributed by atoms with Gasteiger partial charge in [0.1, 0.15) is 11.3 Å². The number of hydrogen-bond acceptors (Lipinski definition) is 3. The third-order valence-corrected chi connectivity index (χ3v) is 8.40. The number of carbonyl (C=O) groups is 2. The topological polar surface area (TPSA) is 81.4 Å². The summed E-state index contributed by atoms with van der Waals surface area (Å²) in [6.07, 6.45) is 10.7. The summed E-state index contributed by atoms with van der Waals surface area (Å²) in [6, 6.07) is 9.24. The number of nitrogens with two attached hydrogens (primary N) is 1. The van der Waals surface area contributed by atoms with Gasteiger partial charge >= 0.3 is 0 Å². The van der Waals surface area contributed by atoms with E-state index < -0.39 is 16.9 Å². The zero-order chi connectivity index (χ0) is 26.5. The number of ether oxygens (including phenoxy) is 1. The molecule has 0 saturated carbocycles. The average Bonchev–Trinajstić information content (AvgIpc) is 2.83. The van der Waals surface area contributed by atoms with E-state index in [-0.39, 0.29) is 23.8 Å². The van der Waals surface area contributed by atoms with Crippen LogP contribution in [0.4, 0.5) is 0 Å². The summed E-state index contributed by atoms with van der Waals surface area (Å²) in [6.45, 7) is 15.0. The molecule has 200 valence electrons. The Morgan fingerprint density at radius 2 is 1.51 bits per heavy atom. The molecule has 35 heavy (non-hydrogen) atoms. The van der Waals surface area contributed by atoms with Crippen LogP contribution >= 0.6 is 0 Å². The van der Waals surface area contributed by atoms with Crippen molar-refractivity contribution in [2.45, 2.75) is 118 Å². The molecular weight excluding hydrogens is 436 g/mol. The molecule has 0 aromatic heterocycles. The summed E-state index contributed by atoms with van der Waals surface area (Å²) < 4.78 is 5.68. The van der Waals surface area contributed by atoms with Gasteiger partial charge in [-0.15, -0.1) is 0 Å². The molecule has 2 atom stereocenters. The van der Waals surface area contributed by atoms with Crippen molar-refractivity contribution in [3.05, 3.63) is 30.3 Å². The van der Waals surface area contributed by atoms with E-state index in [0.717, 1.165) is 19.3 Å². The van der Waals surface area contributed by atoms with Gasteiger partial charge in [-0.2, -0.15) is 0 Å². The first-order valence-electron chi connectivity index (χ1n) is 13.7. The van der Waals surface area contributed by atoms with Crippen LogP contribution < -0.4 is 15.8 Å². The molecule has 5 heteroatoms. The second-order valence-corrected chi connectivity index (χ2v) is 11.5. The van der Waals surface area contributed by atoms with Crippen LogP contribution in [-0.2, 0) is 9.59 Å². The summed E-state index contributed by atoms with van der Waals surface area (Å²) in [5, 5.41) is 3.10. The molecule has 0 radical (unpaired) electrons. The maximum absolute atomic E-state index is 13.2. The van der Waals surface area contributed by atoms with Crippen molar-refractivity contribution in [2.24, 2.45) is 22.5 Å². The number of benzene rings is 1. The lowest BCUT2D eigenvalue weighted by Gasteiger charge is -2.49. The van der Waals surface area contributed by atoms with Gasteiger partial charge in [-0.1, -0.05) is 112 Å². The van der Waals surface area contributed by atoms with Gasteiger partial charge in [0.25, 0.3) is 5.91 Å². The second kappa shape index (κ2) is 14.5. The summed E-state index contributed by atoms with van der Waals surface area (Å²) >= 11 is 0. The van der Waals surface area contributed by atoms with Crippen molar-refractivity contribution in [3.63, 3.8) is 0 Å². The highest BCUT2D eigenvalue weighted by molar-refractivity contribution is 5.91. The van der Waals surface area contributed by atoms with E-state index in [2.05, 4.69) is 39.9 Å². The fourth-order valence-corrected chi connectivity index (χ4v) is 4.83. The summed E-state index contributed by atoms with van der Waals surface area (Å²) in [4.78, 5) is 26.3. The predicted molar refractivity (Wildman–Crippen MR) is 146 cm³/mol. The zero-order valence-corrected chi connectivity index (χ0v) is 23.5. The van der Waals surface area contributed by atoms with Crippen molar-refractivity contribution in [2.75, 3.05) is 6.61 Å². The summed E-state index contributed by atoms with van der Waals surface area (Å²) in [7, 11) is 0. The molecule has 2 unspecified atom stereocenters. The highest BCUT2D eigenvalue weighted by Crippen LogP contribution is 2.45. The molecule has 0 bridgehead atoms. The van der Waals surface area contributed by atoms with Crippen molar-refractivity contribution in [1.82, 2.24) is 5.32 Å². The van der Waals surface area contributed by atoms with Gasteiger partial charge in [-0.05, 0) is 48.1 Å². The van der Waals surface area contributed by atoms with Crippen molar-refractivity contribution in [3.8, 4) is 5.75 Å². The fraction of sp³-hybridized carbons (Fsp3) is 0.733. The van der Waals surface area contributed by atoms with Gasteiger partial charge in [0, 0.05) is 0 Å². The molecule has 0 spiro atoms. The van der Waals surface area contributed by atoms with E-state index in [0.29, 0.717) is 18.6 Å². The normalized spacial score (nSPS) is 14.7. The summed E-state index contributed by atoms with van der Waals surface area (Å²) in [5.41, 5.74) is 4.50. The first kappa shape index (κ1) is 31.0. The number of rotatable bonds is 18. The molecule has 0 aliphatic carbocycles. The minimum absolute atomic E-state index is 0.0270. The van der Waals surface area contributed by atoms with Crippen LogP contribution in [-0.4, -0.2) is 24.0 Å². The molecule has 3 N–H and O–H groups in total. The van der Waals surface area contributed by atoms with E-state index >= 15 is 0 Å². The molecule has 0 aliphatic heterocycles.